The third-order valence-corrected chi connectivity index (χ3v) is 6.32. The van der Waals surface area contributed by atoms with E-state index < -0.39 is 5.97 Å². The second-order valence-electron chi connectivity index (χ2n) is 10.1. The molecule has 2 nitrogen and oxygen atoms in total. The number of benzene rings is 1. The monoisotopic (exact) mass is 416 g/mol. The summed E-state index contributed by atoms with van der Waals surface area (Å²) in [5.41, 5.74) is 2.31. The molecule has 0 aliphatic heterocycles. The number of aliphatic carboxylic acids is 1. The molecule has 1 unspecified atom stereocenters. The lowest BCUT2D eigenvalue weighted by molar-refractivity contribution is -0.139. The molecule has 2 heteroatoms. The van der Waals surface area contributed by atoms with Crippen molar-refractivity contribution in [1.82, 2.24) is 0 Å². The van der Waals surface area contributed by atoms with Crippen molar-refractivity contribution in [2.45, 2.75) is 135 Å². The molecule has 0 spiro atoms. The van der Waals surface area contributed by atoms with Crippen LogP contribution < -0.4 is 0 Å². The Morgan fingerprint density at radius 3 is 1.50 bits per heavy atom. The fourth-order valence-electron chi connectivity index (χ4n) is 4.19. The van der Waals surface area contributed by atoms with E-state index in [4.69, 9.17) is 0 Å². The van der Waals surface area contributed by atoms with Crippen molar-refractivity contribution in [3.63, 3.8) is 0 Å². The van der Waals surface area contributed by atoms with Crippen LogP contribution in [-0.2, 0) is 10.2 Å². The molecule has 1 atom stereocenters. The van der Waals surface area contributed by atoms with E-state index in [0.29, 0.717) is 0 Å². The van der Waals surface area contributed by atoms with Gasteiger partial charge in [0.15, 0.2) is 0 Å². The van der Waals surface area contributed by atoms with Crippen LogP contribution in [0.3, 0.4) is 0 Å². The molecule has 0 saturated carbocycles. The third-order valence-electron chi connectivity index (χ3n) is 6.32. The van der Waals surface area contributed by atoms with Crippen molar-refractivity contribution in [3.8, 4) is 0 Å². The van der Waals surface area contributed by atoms with Gasteiger partial charge in [-0.15, -0.1) is 0 Å². The lowest BCUT2D eigenvalue weighted by Gasteiger charge is -2.20. The van der Waals surface area contributed by atoms with Crippen LogP contribution in [0.2, 0.25) is 0 Å². The Morgan fingerprint density at radius 2 is 1.13 bits per heavy atom. The molecular formula is C28H48O2. The molecule has 0 radical (unpaired) electrons. The molecule has 0 heterocycles. The fourth-order valence-corrected chi connectivity index (χ4v) is 4.19. The number of unbranched alkanes of at least 4 members (excludes halogenated alkanes) is 13. The van der Waals surface area contributed by atoms with Crippen LogP contribution in [0.5, 0.6) is 0 Å². The second-order valence-corrected chi connectivity index (χ2v) is 10.1. The number of carboxylic acids is 1. The zero-order chi connectivity index (χ0) is 22.2. The van der Waals surface area contributed by atoms with Gasteiger partial charge in [0, 0.05) is 0 Å². The van der Waals surface area contributed by atoms with Gasteiger partial charge in [-0.2, -0.15) is 0 Å². The first kappa shape index (κ1) is 26.7. The molecule has 0 bridgehead atoms. The summed E-state index contributed by atoms with van der Waals surface area (Å²) < 4.78 is 0. The molecule has 0 aromatic heterocycles. The zero-order valence-corrected chi connectivity index (χ0v) is 20.3. The molecule has 1 aromatic carbocycles. The fraction of sp³-hybridized carbons (Fsp3) is 0.750. The predicted octanol–water partition coefficient (Wildman–Crippen LogP) is 9.02. The zero-order valence-electron chi connectivity index (χ0n) is 20.3. The van der Waals surface area contributed by atoms with Gasteiger partial charge in [0.2, 0.25) is 0 Å². The van der Waals surface area contributed by atoms with Gasteiger partial charge in [-0.1, -0.05) is 142 Å². The summed E-state index contributed by atoms with van der Waals surface area (Å²) in [4.78, 5) is 11.7. The second kappa shape index (κ2) is 15.5. The molecule has 1 N–H and O–H groups in total. The van der Waals surface area contributed by atoms with Crippen LogP contribution in [-0.4, -0.2) is 11.1 Å². The highest BCUT2D eigenvalue weighted by molar-refractivity contribution is 5.76. The van der Waals surface area contributed by atoms with E-state index in [-0.39, 0.29) is 11.3 Å². The molecule has 1 rings (SSSR count). The topological polar surface area (TPSA) is 37.3 Å². The van der Waals surface area contributed by atoms with E-state index in [0.717, 1.165) is 24.8 Å². The third kappa shape index (κ3) is 11.8. The van der Waals surface area contributed by atoms with Gasteiger partial charge in [-0.05, 0) is 23.0 Å². The number of hydrogen-bond acceptors (Lipinski definition) is 1. The summed E-state index contributed by atoms with van der Waals surface area (Å²) in [6.45, 7) is 8.83. The van der Waals surface area contributed by atoms with Gasteiger partial charge in [0.25, 0.3) is 0 Å². The summed E-state index contributed by atoms with van der Waals surface area (Å²) in [5, 5.41) is 9.66. The quantitative estimate of drug-likeness (QED) is 0.257. The van der Waals surface area contributed by atoms with Gasteiger partial charge >= 0.3 is 5.97 Å². The maximum atomic E-state index is 11.7. The first-order valence-corrected chi connectivity index (χ1v) is 12.7. The Hall–Kier alpha value is -1.31. The van der Waals surface area contributed by atoms with Gasteiger partial charge in [-0.3, -0.25) is 4.79 Å². The predicted molar refractivity (Wildman–Crippen MR) is 130 cm³/mol. The van der Waals surface area contributed by atoms with Crippen LogP contribution in [0.25, 0.3) is 0 Å². The Labute approximate surface area is 186 Å². The summed E-state index contributed by atoms with van der Waals surface area (Å²) in [6.07, 6.45) is 19.4. The Kier molecular flexibility index (Phi) is 13.8. The van der Waals surface area contributed by atoms with Gasteiger partial charge in [0.1, 0.15) is 0 Å². The molecule has 0 aliphatic rings. The molecule has 1 aromatic rings. The standard InChI is InChI=1S/C28H48O2/c1-5-6-7-8-9-10-11-12-13-14-15-16-17-18-19-26(27(29)30)24-20-22-25(23-21-24)28(2,3)4/h20-23,26H,5-19H2,1-4H3,(H,29,30). The Bertz CT molecular complexity index is 553. The lowest BCUT2D eigenvalue weighted by Crippen LogP contribution is -2.14. The maximum absolute atomic E-state index is 11.7. The maximum Gasteiger partial charge on any atom is 0.310 e. The highest BCUT2D eigenvalue weighted by Gasteiger charge is 2.20. The first-order chi connectivity index (χ1) is 14.4. The van der Waals surface area contributed by atoms with Crippen molar-refractivity contribution in [2.24, 2.45) is 0 Å². The number of hydrogen-bond donors (Lipinski definition) is 1. The molecule has 0 saturated heterocycles. The van der Waals surface area contributed by atoms with Crippen LogP contribution >= 0.6 is 0 Å². The molecular weight excluding hydrogens is 368 g/mol. The minimum atomic E-state index is -0.687. The smallest absolute Gasteiger partial charge is 0.310 e. The van der Waals surface area contributed by atoms with E-state index in [1.165, 1.54) is 82.6 Å². The average molecular weight is 417 g/mol. The van der Waals surface area contributed by atoms with E-state index in [1.807, 2.05) is 12.1 Å². The molecule has 0 fully saturated rings. The van der Waals surface area contributed by atoms with Crippen molar-refractivity contribution >= 4 is 5.97 Å². The van der Waals surface area contributed by atoms with Crippen LogP contribution in [0.15, 0.2) is 24.3 Å². The van der Waals surface area contributed by atoms with E-state index >= 15 is 0 Å². The minimum absolute atomic E-state index is 0.103. The summed E-state index contributed by atoms with van der Waals surface area (Å²) in [6, 6.07) is 8.22. The highest BCUT2D eigenvalue weighted by Crippen LogP contribution is 2.27. The summed E-state index contributed by atoms with van der Waals surface area (Å²) in [5.74, 6) is -1.05. The largest absolute Gasteiger partial charge is 0.481 e. The van der Waals surface area contributed by atoms with Crippen molar-refractivity contribution in [1.29, 1.82) is 0 Å². The van der Waals surface area contributed by atoms with E-state index in [9.17, 15) is 9.90 Å². The SMILES string of the molecule is CCCCCCCCCCCCCCCCC(C(=O)O)c1ccc(C(C)(C)C)cc1. The Balaban J connectivity index is 2.12. The van der Waals surface area contributed by atoms with Crippen LogP contribution in [0.1, 0.15) is 141 Å². The molecule has 0 aliphatic carbocycles. The van der Waals surface area contributed by atoms with Gasteiger partial charge in [-0.25, -0.2) is 0 Å². The lowest BCUT2D eigenvalue weighted by atomic mass is 9.85. The Morgan fingerprint density at radius 1 is 0.733 bits per heavy atom. The average Bonchev–Trinajstić information content (AvgIpc) is 2.70. The normalized spacial score (nSPS) is 12.8. The summed E-state index contributed by atoms with van der Waals surface area (Å²) >= 11 is 0. The molecule has 0 amide bonds. The van der Waals surface area contributed by atoms with E-state index in [1.54, 1.807) is 0 Å². The highest BCUT2D eigenvalue weighted by atomic mass is 16.4. The summed E-state index contributed by atoms with van der Waals surface area (Å²) in [7, 11) is 0. The number of carboxylic acid groups (broad SMARTS) is 1. The molecule has 172 valence electrons. The van der Waals surface area contributed by atoms with Gasteiger partial charge < -0.3 is 5.11 Å². The van der Waals surface area contributed by atoms with Crippen molar-refractivity contribution < 1.29 is 9.90 Å². The minimum Gasteiger partial charge on any atom is -0.481 e. The van der Waals surface area contributed by atoms with Crippen molar-refractivity contribution in [2.75, 3.05) is 0 Å². The first-order valence-electron chi connectivity index (χ1n) is 12.7. The number of rotatable bonds is 17. The van der Waals surface area contributed by atoms with Crippen LogP contribution in [0, 0.1) is 0 Å². The molecule has 30 heavy (non-hydrogen) atoms. The van der Waals surface area contributed by atoms with E-state index in [2.05, 4.69) is 39.8 Å². The van der Waals surface area contributed by atoms with Crippen molar-refractivity contribution in [3.05, 3.63) is 35.4 Å². The number of carbonyl (C=O) groups is 1. The van der Waals surface area contributed by atoms with Crippen LogP contribution in [0.4, 0.5) is 0 Å². The van der Waals surface area contributed by atoms with Gasteiger partial charge in [0.05, 0.1) is 5.92 Å².